The molecule has 0 radical (unpaired) electrons. The summed E-state index contributed by atoms with van der Waals surface area (Å²) in [6.07, 6.45) is 2.33. The molecule has 144 valence electrons. The number of carbonyl (C=O) groups is 1. The summed E-state index contributed by atoms with van der Waals surface area (Å²) in [6.45, 7) is 6.18. The summed E-state index contributed by atoms with van der Waals surface area (Å²) >= 11 is 0. The van der Waals surface area contributed by atoms with E-state index in [1.807, 2.05) is 29.2 Å². The molecule has 2 heterocycles. The summed E-state index contributed by atoms with van der Waals surface area (Å²) in [5.41, 5.74) is 0. The number of urea groups is 1. The Bertz CT molecular complexity index is 552. The van der Waals surface area contributed by atoms with Gasteiger partial charge in [0, 0.05) is 45.9 Å². The van der Waals surface area contributed by atoms with Gasteiger partial charge in [-0.05, 0) is 37.1 Å². The van der Waals surface area contributed by atoms with Crippen LogP contribution >= 0.6 is 0 Å². The molecule has 0 aromatic heterocycles. The van der Waals surface area contributed by atoms with E-state index in [0.29, 0.717) is 13.2 Å². The van der Waals surface area contributed by atoms with Crippen molar-refractivity contribution in [1.82, 2.24) is 15.1 Å². The van der Waals surface area contributed by atoms with Crippen molar-refractivity contribution in [2.45, 2.75) is 18.9 Å². The third kappa shape index (κ3) is 5.51. The number of nitrogens with zero attached hydrogens (tertiary/aromatic N) is 2. The number of ether oxygens (including phenoxy) is 3. The van der Waals surface area contributed by atoms with Crippen LogP contribution in [0.3, 0.4) is 0 Å². The Morgan fingerprint density at radius 1 is 1.19 bits per heavy atom. The second-order valence-corrected chi connectivity index (χ2v) is 6.67. The maximum atomic E-state index is 12.2. The Hall–Kier alpha value is -1.99. The SMILES string of the molecule is COc1ccc(OCCN2CCN(C(=O)NCC3CCCO3)CC2)cc1. The van der Waals surface area contributed by atoms with E-state index in [1.54, 1.807) is 7.11 Å². The molecule has 0 saturated carbocycles. The number of piperazine rings is 1. The lowest BCUT2D eigenvalue weighted by Gasteiger charge is -2.34. The molecule has 1 N–H and O–H groups in total. The van der Waals surface area contributed by atoms with Gasteiger partial charge in [0.05, 0.1) is 13.2 Å². The van der Waals surface area contributed by atoms with Gasteiger partial charge in [-0.1, -0.05) is 0 Å². The zero-order chi connectivity index (χ0) is 18.2. The van der Waals surface area contributed by atoms with Crippen LogP contribution in [0.2, 0.25) is 0 Å². The topological polar surface area (TPSA) is 63.3 Å². The Morgan fingerprint density at radius 2 is 1.92 bits per heavy atom. The van der Waals surface area contributed by atoms with Crippen LogP contribution in [-0.4, -0.2) is 81.5 Å². The minimum Gasteiger partial charge on any atom is -0.497 e. The van der Waals surface area contributed by atoms with E-state index < -0.39 is 0 Å². The van der Waals surface area contributed by atoms with Crippen molar-refractivity contribution in [2.24, 2.45) is 0 Å². The van der Waals surface area contributed by atoms with Gasteiger partial charge in [0.15, 0.2) is 0 Å². The monoisotopic (exact) mass is 363 g/mol. The minimum atomic E-state index is 0.0228. The molecule has 2 fully saturated rings. The molecule has 1 aromatic rings. The second-order valence-electron chi connectivity index (χ2n) is 6.67. The number of hydrogen-bond acceptors (Lipinski definition) is 5. The molecule has 0 spiro atoms. The van der Waals surface area contributed by atoms with Crippen LogP contribution in [0.5, 0.6) is 11.5 Å². The largest absolute Gasteiger partial charge is 0.497 e. The van der Waals surface area contributed by atoms with E-state index >= 15 is 0 Å². The van der Waals surface area contributed by atoms with E-state index in [4.69, 9.17) is 14.2 Å². The highest BCUT2D eigenvalue weighted by Crippen LogP contribution is 2.17. The first-order chi connectivity index (χ1) is 12.7. The fourth-order valence-electron chi connectivity index (χ4n) is 3.26. The van der Waals surface area contributed by atoms with Gasteiger partial charge in [-0.15, -0.1) is 0 Å². The van der Waals surface area contributed by atoms with Gasteiger partial charge in [0.25, 0.3) is 0 Å². The quantitative estimate of drug-likeness (QED) is 0.797. The lowest BCUT2D eigenvalue weighted by Crippen LogP contribution is -2.53. The highest BCUT2D eigenvalue weighted by atomic mass is 16.5. The van der Waals surface area contributed by atoms with Crippen LogP contribution in [0.15, 0.2) is 24.3 Å². The predicted octanol–water partition coefficient (Wildman–Crippen LogP) is 1.58. The summed E-state index contributed by atoms with van der Waals surface area (Å²) in [5, 5.41) is 2.99. The highest BCUT2D eigenvalue weighted by Gasteiger charge is 2.22. The number of rotatable bonds is 7. The van der Waals surface area contributed by atoms with Crippen LogP contribution in [-0.2, 0) is 4.74 Å². The van der Waals surface area contributed by atoms with Gasteiger partial charge in [-0.3, -0.25) is 4.90 Å². The highest BCUT2D eigenvalue weighted by molar-refractivity contribution is 5.74. The smallest absolute Gasteiger partial charge is 0.317 e. The molecule has 7 nitrogen and oxygen atoms in total. The van der Waals surface area contributed by atoms with Crippen molar-refractivity contribution < 1.29 is 19.0 Å². The second kappa shape index (κ2) is 9.64. The zero-order valence-electron chi connectivity index (χ0n) is 15.5. The Labute approximate surface area is 155 Å². The molecule has 0 aliphatic carbocycles. The predicted molar refractivity (Wildman–Crippen MR) is 98.9 cm³/mol. The normalized spacial score (nSPS) is 20.8. The van der Waals surface area contributed by atoms with Crippen molar-refractivity contribution in [3.8, 4) is 11.5 Å². The van der Waals surface area contributed by atoms with Crippen molar-refractivity contribution in [2.75, 3.05) is 59.6 Å². The third-order valence-corrected chi connectivity index (χ3v) is 4.90. The van der Waals surface area contributed by atoms with E-state index in [1.165, 1.54) is 0 Å². The average Bonchev–Trinajstić information content (AvgIpc) is 3.21. The molecule has 1 aromatic carbocycles. The van der Waals surface area contributed by atoms with Crippen LogP contribution in [0, 0.1) is 0 Å². The van der Waals surface area contributed by atoms with Crippen LogP contribution in [0.1, 0.15) is 12.8 Å². The number of amides is 2. The Kier molecular flexibility index (Phi) is 6.96. The van der Waals surface area contributed by atoms with E-state index in [9.17, 15) is 4.79 Å². The molecule has 2 aliphatic heterocycles. The molecule has 3 rings (SSSR count). The van der Waals surface area contributed by atoms with Gasteiger partial charge in [0.2, 0.25) is 0 Å². The van der Waals surface area contributed by atoms with Crippen LogP contribution in [0.4, 0.5) is 4.79 Å². The van der Waals surface area contributed by atoms with Gasteiger partial charge >= 0.3 is 6.03 Å². The summed E-state index contributed by atoms with van der Waals surface area (Å²) < 4.78 is 16.4. The molecule has 1 atom stereocenters. The molecule has 2 saturated heterocycles. The lowest BCUT2D eigenvalue weighted by molar-refractivity contribution is 0.102. The molecular weight excluding hydrogens is 334 g/mol. The lowest BCUT2D eigenvalue weighted by atomic mass is 10.2. The number of hydrogen-bond donors (Lipinski definition) is 1. The van der Waals surface area contributed by atoms with E-state index in [0.717, 1.165) is 63.7 Å². The number of carbonyl (C=O) groups excluding carboxylic acids is 1. The summed E-state index contributed by atoms with van der Waals surface area (Å²) in [6, 6.07) is 7.63. The fraction of sp³-hybridized carbons (Fsp3) is 0.632. The van der Waals surface area contributed by atoms with Gasteiger partial charge in [0.1, 0.15) is 18.1 Å². The molecule has 0 bridgehead atoms. The molecule has 1 unspecified atom stereocenters. The maximum Gasteiger partial charge on any atom is 0.317 e. The standard InChI is InChI=1S/C19H29N3O4/c1-24-16-4-6-17(7-5-16)26-14-12-21-8-10-22(11-9-21)19(23)20-15-18-3-2-13-25-18/h4-7,18H,2-3,8-15H2,1H3,(H,20,23). The van der Waals surface area contributed by atoms with E-state index in [-0.39, 0.29) is 12.1 Å². The zero-order valence-corrected chi connectivity index (χ0v) is 15.5. The Morgan fingerprint density at radius 3 is 2.58 bits per heavy atom. The summed E-state index contributed by atoms with van der Waals surface area (Å²) in [7, 11) is 1.65. The number of methoxy groups -OCH3 is 1. The van der Waals surface area contributed by atoms with Crippen molar-refractivity contribution in [3.63, 3.8) is 0 Å². The number of benzene rings is 1. The first-order valence-electron chi connectivity index (χ1n) is 9.38. The van der Waals surface area contributed by atoms with Gasteiger partial charge in [-0.2, -0.15) is 0 Å². The number of nitrogens with one attached hydrogen (secondary N) is 1. The maximum absolute atomic E-state index is 12.2. The first-order valence-corrected chi connectivity index (χ1v) is 9.38. The van der Waals surface area contributed by atoms with Gasteiger partial charge in [-0.25, -0.2) is 4.79 Å². The minimum absolute atomic E-state index is 0.0228. The molecule has 2 amide bonds. The first kappa shape index (κ1) is 18.8. The van der Waals surface area contributed by atoms with Crippen molar-refractivity contribution >= 4 is 6.03 Å². The molecule has 26 heavy (non-hydrogen) atoms. The summed E-state index contributed by atoms with van der Waals surface area (Å²) in [4.78, 5) is 16.4. The van der Waals surface area contributed by atoms with E-state index in [2.05, 4.69) is 10.2 Å². The van der Waals surface area contributed by atoms with Crippen molar-refractivity contribution in [1.29, 1.82) is 0 Å². The third-order valence-electron chi connectivity index (χ3n) is 4.90. The average molecular weight is 363 g/mol. The van der Waals surface area contributed by atoms with Gasteiger partial charge < -0.3 is 24.4 Å². The Balaban J connectivity index is 1.29. The summed E-state index contributed by atoms with van der Waals surface area (Å²) in [5.74, 6) is 1.67. The van der Waals surface area contributed by atoms with Crippen LogP contribution in [0.25, 0.3) is 0 Å². The van der Waals surface area contributed by atoms with Crippen molar-refractivity contribution in [3.05, 3.63) is 24.3 Å². The molecule has 2 aliphatic rings. The fourth-order valence-corrected chi connectivity index (χ4v) is 3.26. The molecule has 7 heteroatoms. The van der Waals surface area contributed by atoms with Crippen LogP contribution < -0.4 is 14.8 Å². The molecular formula is C19H29N3O4.